The minimum absolute atomic E-state index is 0.0804. The molecule has 196 valence electrons. The van der Waals surface area contributed by atoms with Crippen molar-refractivity contribution in [1.82, 2.24) is 4.90 Å². The minimum atomic E-state index is -4.48. The van der Waals surface area contributed by atoms with Gasteiger partial charge in [-0.15, -0.1) is 0 Å². The third kappa shape index (κ3) is 5.50. The zero-order chi connectivity index (χ0) is 26.2. The average molecular weight is 516 g/mol. The lowest BCUT2D eigenvalue weighted by Gasteiger charge is -2.31. The smallest absolute Gasteiger partial charge is 0.416 e. The van der Waals surface area contributed by atoms with E-state index in [9.17, 15) is 22.8 Å². The molecule has 37 heavy (non-hydrogen) atoms. The summed E-state index contributed by atoms with van der Waals surface area (Å²) >= 11 is 0. The molecule has 1 saturated heterocycles. The summed E-state index contributed by atoms with van der Waals surface area (Å²) in [5.41, 5.74) is 2.44. The lowest BCUT2D eigenvalue weighted by Crippen LogP contribution is -2.47. The van der Waals surface area contributed by atoms with E-state index in [2.05, 4.69) is 15.5 Å². The lowest BCUT2D eigenvalue weighted by atomic mass is 9.97. The molecule has 1 unspecified atom stereocenters. The summed E-state index contributed by atoms with van der Waals surface area (Å²) in [6.07, 6.45) is -0.403. The highest BCUT2D eigenvalue weighted by molar-refractivity contribution is 6.05. The van der Waals surface area contributed by atoms with Gasteiger partial charge < -0.3 is 20.1 Å². The van der Waals surface area contributed by atoms with E-state index in [0.29, 0.717) is 41.8 Å². The summed E-state index contributed by atoms with van der Waals surface area (Å²) in [5, 5.41) is 5.76. The Morgan fingerprint density at radius 2 is 2.08 bits per heavy atom. The first-order valence-electron chi connectivity index (χ1n) is 12.3. The van der Waals surface area contributed by atoms with Gasteiger partial charge in [-0.05, 0) is 61.1 Å². The molecule has 3 heterocycles. The van der Waals surface area contributed by atoms with E-state index in [-0.39, 0.29) is 30.4 Å². The normalized spacial score (nSPS) is 23.0. The second-order valence-electron chi connectivity index (χ2n) is 9.54. The number of nitrogens with zero attached hydrogens (tertiary/aromatic N) is 1. The number of benzene rings is 2. The number of rotatable bonds is 4. The van der Waals surface area contributed by atoms with E-state index in [0.717, 1.165) is 37.2 Å². The molecule has 0 bridgehead atoms. The number of carbonyl (C=O) groups is 2. The van der Waals surface area contributed by atoms with Crippen molar-refractivity contribution in [2.45, 2.75) is 44.0 Å². The highest BCUT2D eigenvalue weighted by Gasteiger charge is 2.36. The molecule has 2 atom stereocenters. The van der Waals surface area contributed by atoms with Crippen molar-refractivity contribution in [3.63, 3.8) is 0 Å². The third-order valence-electron chi connectivity index (χ3n) is 7.11. The molecule has 7 nitrogen and oxygen atoms in total. The number of methoxy groups -OCH3 is 1. The molecule has 2 amide bonds. The Bertz CT molecular complexity index is 1240. The van der Waals surface area contributed by atoms with Crippen LogP contribution in [0.2, 0.25) is 0 Å². The number of alkyl halides is 3. The van der Waals surface area contributed by atoms with Crippen LogP contribution in [0.15, 0.2) is 42.5 Å². The molecule has 2 aromatic rings. The Hall–Kier alpha value is -3.37. The van der Waals surface area contributed by atoms with Crippen LogP contribution in [-0.4, -0.2) is 55.7 Å². The third-order valence-corrected chi connectivity index (χ3v) is 7.11. The van der Waals surface area contributed by atoms with Crippen LogP contribution in [0.25, 0.3) is 5.57 Å². The number of likely N-dealkylation sites (tertiary alicyclic amines) is 1. The second kappa shape index (κ2) is 10.2. The first-order valence-corrected chi connectivity index (χ1v) is 12.3. The molecule has 0 aliphatic carbocycles. The van der Waals surface area contributed by atoms with Crippen molar-refractivity contribution in [3.8, 4) is 5.75 Å². The first kappa shape index (κ1) is 25.3. The fourth-order valence-electron chi connectivity index (χ4n) is 5.14. The number of allylic oxidation sites excluding steroid dienone is 1. The number of amides is 2. The number of ether oxygens (including phenoxy) is 2. The van der Waals surface area contributed by atoms with Gasteiger partial charge in [-0.3, -0.25) is 14.5 Å². The lowest BCUT2D eigenvalue weighted by molar-refractivity contribution is -0.137. The minimum Gasteiger partial charge on any atom is -0.493 e. The van der Waals surface area contributed by atoms with E-state index in [1.807, 2.05) is 6.07 Å². The molecule has 3 aliphatic heterocycles. The molecular formula is C27H28F3N3O4. The Morgan fingerprint density at radius 1 is 1.24 bits per heavy atom. The van der Waals surface area contributed by atoms with Gasteiger partial charge in [-0.1, -0.05) is 12.1 Å². The van der Waals surface area contributed by atoms with Crippen molar-refractivity contribution in [1.29, 1.82) is 0 Å². The first-order chi connectivity index (χ1) is 17.7. The summed E-state index contributed by atoms with van der Waals surface area (Å²) in [6, 6.07) is 8.46. The van der Waals surface area contributed by atoms with Crippen molar-refractivity contribution in [3.05, 3.63) is 59.2 Å². The van der Waals surface area contributed by atoms with E-state index < -0.39 is 17.6 Å². The van der Waals surface area contributed by atoms with Gasteiger partial charge in [-0.2, -0.15) is 13.2 Å². The summed E-state index contributed by atoms with van der Waals surface area (Å²) in [7, 11) is 1.68. The predicted octanol–water partition coefficient (Wildman–Crippen LogP) is 4.48. The Labute approximate surface area is 212 Å². The van der Waals surface area contributed by atoms with Crippen LogP contribution in [0.4, 0.5) is 24.5 Å². The molecule has 0 radical (unpaired) electrons. The van der Waals surface area contributed by atoms with Crippen molar-refractivity contribution in [2.75, 3.05) is 37.4 Å². The van der Waals surface area contributed by atoms with Crippen LogP contribution in [-0.2, 0) is 26.9 Å². The molecule has 2 N–H and O–H groups in total. The van der Waals surface area contributed by atoms with Gasteiger partial charge in [0.25, 0.3) is 0 Å². The van der Waals surface area contributed by atoms with E-state index in [1.54, 1.807) is 19.2 Å². The number of hydrogen-bond donors (Lipinski definition) is 2. The maximum atomic E-state index is 13.1. The van der Waals surface area contributed by atoms with Crippen LogP contribution < -0.4 is 15.4 Å². The van der Waals surface area contributed by atoms with Crippen LogP contribution in [0.5, 0.6) is 5.75 Å². The standard InChI is InChI=1S/C27H28F3N3O4/c1-36-20-8-9-33(15-20)23-11-17-4-6-19(14-22(17)32-26(23)35)31-25(34)12-16-3-2-10-37-24-13-18(27(28,29)30)5-7-21(16)24/h4-7,12-14,20,23H,2-3,8-11,15H2,1H3,(H,31,34)(H,32,35)/b16-12+/t20-,23?/m1/s1. The molecule has 1 fully saturated rings. The predicted molar refractivity (Wildman–Crippen MR) is 132 cm³/mol. The Balaban J connectivity index is 1.30. The van der Waals surface area contributed by atoms with Crippen molar-refractivity contribution < 1.29 is 32.2 Å². The van der Waals surface area contributed by atoms with Gasteiger partial charge in [0.2, 0.25) is 11.8 Å². The maximum Gasteiger partial charge on any atom is 0.416 e. The number of carbonyl (C=O) groups excluding carboxylic acids is 2. The largest absolute Gasteiger partial charge is 0.493 e. The van der Waals surface area contributed by atoms with Crippen molar-refractivity contribution >= 4 is 28.8 Å². The highest BCUT2D eigenvalue weighted by atomic mass is 19.4. The Kier molecular flexibility index (Phi) is 6.96. The van der Waals surface area contributed by atoms with Crippen LogP contribution in [0.1, 0.15) is 36.0 Å². The van der Waals surface area contributed by atoms with Gasteiger partial charge in [-0.25, -0.2) is 0 Å². The summed E-state index contributed by atoms with van der Waals surface area (Å²) in [6.45, 7) is 1.79. The summed E-state index contributed by atoms with van der Waals surface area (Å²) in [5.74, 6) is -0.374. The summed E-state index contributed by atoms with van der Waals surface area (Å²) in [4.78, 5) is 27.8. The van der Waals surface area contributed by atoms with Crippen LogP contribution in [0.3, 0.4) is 0 Å². The maximum absolute atomic E-state index is 13.1. The van der Waals surface area contributed by atoms with Gasteiger partial charge in [0.15, 0.2) is 0 Å². The molecule has 0 aromatic heterocycles. The van der Waals surface area contributed by atoms with Gasteiger partial charge in [0.1, 0.15) is 5.75 Å². The molecule has 0 spiro atoms. The average Bonchev–Trinajstić information content (AvgIpc) is 3.25. The fourth-order valence-corrected chi connectivity index (χ4v) is 5.14. The number of halogens is 3. The Morgan fingerprint density at radius 3 is 2.84 bits per heavy atom. The summed E-state index contributed by atoms with van der Waals surface area (Å²) < 4.78 is 50.3. The molecular weight excluding hydrogens is 487 g/mol. The van der Waals surface area contributed by atoms with Gasteiger partial charge >= 0.3 is 6.18 Å². The number of fused-ring (bicyclic) bond motifs is 2. The van der Waals surface area contributed by atoms with Gasteiger partial charge in [0.05, 0.1) is 24.3 Å². The quantitative estimate of drug-likeness (QED) is 0.587. The number of anilines is 2. The van der Waals surface area contributed by atoms with Gasteiger partial charge in [0, 0.05) is 43.2 Å². The van der Waals surface area contributed by atoms with Crippen LogP contribution >= 0.6 is 0 Å². The van der Waals surface area contributed by atoms with Crippen molar-refractivity contribution in [2.24, 2.45) is 0 Å². The zero-order valence-electron chi connectivity index (χ0n) is 20.4. The SMILES string of the molecule is CO[C@@H]1CCN(C2Cc3ccc(NC(=O)/C=C4\CCCOc5cc(C(F)(F)F)ccc54)cc3NC2=O)C1. The van der Waals surface area contributed by atoms with Crippen LogP contribution in [0, 0.1) is 0 Å². The highest BCUT2D eigenvalue weighted by Crippen LogP contribution is 2.38. The topological polar surface area (TPSA) is 79.9 Å². The fraction of sp³-hybridized carbons (Fsp3) is 0.407. The number of nitrogens with one attached hydrogen (secondary N) is 2. The zero-order valence-corrected chi connectivity index (χ0v) is 20.4. The molecule has 3 aliphatic rings. The molecule has 10 heteroatoms. The molecule has 2 aromatic carbocycles. The van der Waals surface area contributed by atoms with E-state index >= 15 is 0 Å². The molecule has 5 rings (SSSR count). The number of hydrogen-bond acceptors (Lipinski definition) is 5. The van der Waals surface area contributed by atoms with E-state index in [1.165, 1.54) is 12.1 Å². The van der Waals surface area contributed by atoms with E-state index in [4.69, 9.17) is 9.47 Å². The monoisotopic (exact) mass is 515 g/mol. The molecule has 0 saturated carbocycles. The second-order valence-corrected chi connectivity index (χ2v) is 9.54.